The fourth-order valence-electron chi connectivity index (χ4n) is 1.66. The fraction of sp³-hybridized carbons (Fsp3) is 0.133. The Balaban J connectivity index is 1.91. The molecule has 2 rings (SSSR count). The second kappa shape index (κ2) is 6.95. The Morgan fingerprint density at radius 3 is 2.62 bits per heavy atom. The Labute approximate surface area is 125 Å². The average Bonchev–Trinajstić information content (AvgIpc) is 2.43. The van der Waals surface area contributed by atoms with Gasteiger partial charge < -0.3 is 14.6 Å². The van der Waals surface area contributed by atoms with E-state index in [1.54, 1.807) is 24.3 Å². The van der Waals surface area contributed by atoms with Crippen molar-refractivity contribution in [1.82, 2.24) is 0 Å². The second-order valence-electron chi connectivity index (χ2n) is 4.10. The molecule has 0 amide bonds. The summed E-state index contributed by atoms with van der Waals surface area (Å²) >= 11 is 5.81. The third kappa shape index (κ3) is 4.36. The number of hydrogen-bond donors (Lipinski definition) is 1. The third-order valence-electron chi connectivity index (χ3n) is 2.58. The van der Waals surface area contributed by atoms with Crippen LogP contribution in [0, 0.1) is 5.82 Å². The molecule has 4 nitrogen and oxygen atoms in total. The zero-order valence-corrected chi connectivity index (χ0v) is 11.6. The van der Waals surface area contributed by atoms with Gasteiger partial charge in [0.15, 0.2) is 0 Å². The molecule has 110 valence electrons. The molecule has 0 radical (unpaired) electrons. The van der Waals surface area contributed by atoms with E-state index in [1.807, 2.05) is 0 Å². The van der Waals surface area contributed by atoms with Gasteiger partial charge >= 0.3 is 5.97 Å². The number of carboxylic acids is 1. The maximum absolute atomic E-state index is 13.1. The van der Waals surface area contributed by atoms with Crippen molar-refractivity contribution in [3.8, 4) is 11.5 Å². The largest absolute Gasteiger partial charge is 0.490 e. The summed E-state index contributed by atoms with van der Waals surface area (Å²) in [6.45, 7) is 0.256. The smallest absolute Gasteiger partial charge is 0.339 e. The van der Waals surface area contributed by atoms with Gasteiger partial charge in [0.1, 0.15) is 36.1 Å². The van der Waals surface area contributed by atoms with Crippen LogP contribution in [-0.2, 0) is 0 Å². The molecule has 1 N–H and O–H groups in total. The summed E-state index contributed by atoms with van der Waals surface area (Å²) in [7, 11) is 0. The Morgan fingerprint density at radius 1 is 1.14 bits per heavy atom. The highest BCUT2D eigenvalue weighted by Crippen LogP contribution is 2.20. The van der Waals surface area contributed by atoms with Crippen LogP contribution in [0.15, 0.2) is 42.5 Å². The quantitative estimate of drug-likeness (QED) is 0.828. The van der Waals surface area contributed by atoms with Crippen LogP contribution in [0.3, 0.4) is 0 Å². The molecule has 0 aliphatic rings. The van der Waals surface area contributed by atoms with E-state index in [4.69, 9.17) is 26.2 Å². The Hall–Kier alpha value is -2.27. The van der Waals surface area contributed by atoms with E-state index in [9.17, 15) is 9.18 Å². The lowest BCUT2D eigenvalue weighted by atomic mass is 10.2. The molecule has 0 aromatic heterocycles. The minimum atomic E-state index is -1.18. The van der Waals surface area contributed by atoms with E-state index < -0.39 is 11.8 Å². The van der Waals surface area contributed by atoms with Crippen molar-refractivity contribution in [2.45, 2.75) is 0 Å². The van der Waals surface area contributed by atoms with Crippen LogP contribution in [0.25, 0.3) is 0 Å². The highest BCUT2D eigenvalue weighted by molar-refractivity contribution is 6.30. The molecule has 21 heavy (non-hydrogen) atoms. The molecule has 0 bridgehead atoms. The van der Waals surface area contributed by atoms with E-state index in [2.05, 4.69) is 0 Å². The first-order chi connectivity index (χ1) is 10.1. The highest BCUT2D eigenvalue weighted by atomic mass is 35.5. The van der Waals surface area contributed by atoms with Gasteiger partial charge in [-0.1, -0.05) is 17.7 Å². The Kier molecular flexibility index (Phi) is 5.00. The van der Waals surface area contributed by atoms with Crippen molar-refractivity contribution < 1.29 is 23.8 Å². The lowest BCUT2D eigenvalue weighted by Crippen LogP contribution is -2.11. The van der Waals surface area contributed by atoms with Crippen LogP contribution in [0.4, 0.5) is 4.39 Å². The zero-order chi connectivity index (χ0) is 15.2. The number of benzene rings is 2. The van der Waals surface area contributed by atoms with Gasteiger partial charge in [-0.15, -0.1) is 0 Å². The van der Waals surface area contributed by atoms with E-state index in [0.717, 1.165) is 18.2 Å². The SMILES string of the molecule is O=C(O)c1ccc(F)cc1OCCOc1cccc(Cl)c1. The number of hydrogen-bond acceptors (Lipinski definition) is 3. The summed E-state index contributed by atoms with van der Waals surface area (Å²) in [6.07, 6.45) is 0. The standard InChI is InChI=1S/C15H12ClFO4/c16-10-2-1-3-12(8-10)20-6-7-21-14-9-11(17)4-5-13(14)15(18)19/h1-5,8-9H,6-7H2,(H,18,19). The van der Waals surface area contributed by atoms with Crippen LogP contribution >= 0.6 is 11.6 Å². The van der Waals surface area contributed by atoms with E-state index in [-0.39, 0.29) is 24.5 Å². The fourth-order valence-corrected chi connectivity index (χ4v) is 1.84. The first-order valence-electron chi connectivity index (χ1n) is 6.10. The van der Waals surface area contributed by atoms with Gasteiger partial charge in [-0.2, -0.15) is 0 Å². The van der Waals surface area contributed by atoms with Crippen molar-refractivity contribution in [2.75, 3.05) is 13.2 Å². The molecule has 2 aromatic carbocycles. The number of carboxylic acid groups (broad SMARTS) is 1. The first kappa shape index (κ1) is 15.1. The normalized spacial score (nSPS) is 10.2. The van der Waals surface area contributed by atoms with E-state index in [0.29, 0.717) is 10.8 Å². The van der Waals surface area contributed by atoms with Gasteiger partial charge in [-0.25, -0.2) is 9.18 Å². The number of aromatic carboxylic acids is 1. The number of halogens is 2. The van der Waals surface area contributed by atoms with Crippen molar-refractivity contribution in [3.05, 3.63) is 58.9 Å². The van der Waals surface area contributed by atoms with Gasteiger partial charge in [0, 0.05) is 11.1 Å². The topological polar surface area (TPSA) is 55.8 Å². The molecular formula is C15H12ClFO4. The maximum atomic E-state index is 13.1. The van der Waals surface area contributed by atoms with Crippen molar-refractivity contribution >= 4 is 17.6 Å². The lowest BCUT2D eigenvalue weighted by Gasteiger charge is -2.10. The van der Waals surface area contributed by atoms with Crippen LogP contribution in [-0.4, -0.2) is 24.3 Å². The minimum Gasteiger partial charge on any atom is -0.490 e. The number of carbonyl (C=O) groups is 1. The monoisotopic (exact) mass is 310 g/mol. The van der Waals surface area contributed by atoms with E-state index in [1.165, 1.54) is 0 Å². The highest BCUT2D eigenvalue weighted by Gasteiger charge is 2.12. The van der Waals surface area contributed by atoms with E-state index >= 15 is 0 Å². The van der Waals surface area contributed by atoms with Gasteiger partial charge in [0.25, 0.3) is 0 Å². The Morgan fingerprint density at radius 2 is 1.90 bits per heavy atom. The van der Waals surface area contributed by atoms with Crippen LogP contribution in [0.5, 0.6) is 11.5 Å². The first-order valence-corrected chi connectivity index (χ1v) is 6.48. The predicted octanol–water partition coefficient (Wildman–Crippen LogP) is 3.64. The summed E-state index contributed by atoms with van der Waals surface area (Å²) in [4.78, 5) is 11.0. The predicted molar refractivity (Wildman–Crippen MR) is 75.8 cm³/mol. The number of rotatable bonds is 6. The Bertz CT molecular complexity index is 645. The summed E-state index contributed by atoms with van der Waals surface area (Å²) in [5.74, 6) is -1.20. The lowest BCUT2D eigenvalue weighted by molar-refractivity contribution is 0.0691. The molecule has 6 heteroatoms. The van der Waals surface area contributed by atoms with Crippen molar-refractivity contribution in [3.63, 3.8) is 0 Å². The molecule has 0 atom stereocenters. The van der Waals surface area contributed by atoms with Crippen LogP contribution in [0.2, 0.25) is 5.02 Å². The molecule has 0 spiro atoms. The zero-order valence-electron chi connectivity index (χ0n) is 10.9. The summed E-state index contributed by atoms with van der Waals surface area (Å²) in [6, 6.07) is 10.1. The third-order valence-corrected chi connectivity index (χ3v) is 2.81. The molecule has 0 saturated carbocycles. The molecule has 0 heterocycles. The molecule has 0 aliphatic heterocycles. The molecule has 0 unspecified atom stereocenters. The average molecular weight is 311 g/mol. The molecular weight excluding hydrogens is 299 g/mol. The minimum absolute atomic E-state index is 0.0304. The van der Waals surface area contributed by atoms with Crippen molar-refractivity contribution in [1.29, 1.82) is 0 Å². The van der Waals surface area contributed by atoms with Crippen LogP contribution < -0.4 is 9.47 Å². The number of ether oxygens (including phenoxy) is 2. The molecule has 0 fully saturated rings. The summed E-state index contributed by atoms with van der Waals surface area (Å²) in [5, 5.41) is 9.52. The molecule has 0 aliphatic carbocycles. The molecule has 2 aromatic rings. The van der Waals surface area contributed by atoms with Crippen molar-refractivity contribution in [2.24, 2.45) is 0 Å². The second-order valence-corrected chi connectivity index (χ2v) is 4.54. The summed E-state index contributed by atoms with van der Waals surface area (Å²) in [5.41, 5.74) is -0.0980. The van der Waals surface area contributed by atoms with Gasteiger partial charge in [-0.3, -0.25) is 0 Å². The molecule has 0 saturated heterocycles. The summed E-state index contributed by atoms with van der Waals surface area (Å²) < 4.78 is 23.8. The maximum Gasteiger partial charge on any atom is 0.339 e. The van der Waals surface area contributed by atoms with Gasteiger partial charge in [0.05, 0.1) is 0 Å². The van der Waals surface area contributed by atoms with Gasteiger partial charge in [-0.05, 0) is 30.3 Å². The van der Waals surface area contributed by atoms with Crippen LogP contribution in [0.1, 0.15) is 10.4 Å². The van der Waals surface area contributed by atoms with Gasteiger partial charge in [0.2, 0.25) is 0 Å².